The fourth-order valence-corrected chi connectivity index (χ4v) is 3.22. The zero-order chi connectivity index (χ0) is 19.6. The van der Waals surface area contributed by atoms with Gasteiger partial charge in [0.2, 0.25) is 5.91 Å². The van der Waals surface area contributed by atoms with Crippen LogP contribution in [0.15, 0.2) is 54.6 Å². The van der Waals surface area contributed by atoms with Crippen molar-refractivity contribution in [2.45, 2.75) is 32.1 Å². The van der Waals surface area contributed by atoms with Crippen LogP contribution in [0.5, 0.6) is 11.5 Å². The molecule has 3 rings (SSSR count). The second kappa shape index (κ2) is 10.3. The molecule has 0 aliphatic heterocycles. The first-order valence-corrected chi connectivity index (χ1v) is 9.73. The quantitative estimate of drug-likeness (QED) is 0.568. The molecule has 1 aliphatic carbocycles. The number of rotatable bonds is 7. The maximum Gasteiger partial charge on any atom is 0.269 e. The molecule has 1 aliphatic rings. The molecule has 2 amide bonds. The van der Waals surface area contributed by atoms with Gasteiger partial charge in [-0.15, -0.1) is 0 Å². The van der Waals surface area contributed by atoms with Gasteiger partial charge in [-0.05, 0) is 43.2 Å². The van der Waals surface area contributed by atoms with Crippen LogP contribution in [-0.4, -0.2) is 25.0 Å². The van der Waals surface area contributed by atoms with Crippen LogP contribution < -0.4 is 20.3 Å². The summed E-state index contributed by atoms with van der Waals surface area (Å²) in [6.07, 6.45) is 5.09. The van der Waals surface area contributed by atoms with Crippen LogP contribution in [0.1, 0.15) is 42.5 Å². The number of nitrogens with one attached hydrogen (secondary N) is 2. The summed E-state index contributed by atoms with van der Waals surface area (Å²) in [5, 5.41) is 0. The van der Waals surface area contributed by atoms with Crippen molar-refractivity contribution in [2.75, 3.05) is 13.2 Å². The molecule has 6 heteroatoms. The highest BCUT2D eigenvalue weighted by Gasteiger charge is 2.21. The first-order chi connectivity index (χ1) is 13.7. The van der Waals surface area contributed by atoms with Crippen molar-refractivity contribution in [1.82, 2.24) is 10.9 Å². The lowest BCUT2D eigenvalue weighted by atomic mass is 9.89. The van der Waals surface area contributed by atoms with E-state index in [9.17, 15) is 9.59 Å². The highest BCUT2D eigenvalue weighted by molar-refractivity contribution is 5.95. The van der Waals surface area contributed by atoms with Gasteiger partial charge >= 0.3 is 0 Å². The number of benzene rings is 2. The van der Waals surface area contributed by atoms with Crippen LogP contribution in [0.25, 0.3) is 0 Å². The number of para-hydroxylation sites is 1. The number of hydrogen-bond donors (Lipinski definition) is 2. The third-order valence-electron chi connectivity index (χ3n) is 4.74. The van der Waals surface area contributed by atoms with Gasteiger partial charge in [0.25, 0.3) is 5.91 Å². The standard InChI is InChI=1S/C22H26N2O4/c25-21(17-8-3-1-4-9-17)23-24-22(26)18-10-7-13-20(16-18)28-15-14-27-19-11-5-2-6-12-19/h2,5-7,10-13,16-17H,1,3-4,8-9,14-15H2,(H,23,25)(H,24,26). The topological polar surface area (TPSA) is 76.7 Å². The third-order valence-corrected chi connectivity index (χ3v) is 4.74. The van der Waals surface area contributed by atoms with Crippen molar-refractivity contribution in [1.29, 1.82) is 0 Å². The molecule has 148 valence electrons. The summed E-state index contributed by atoms with van der Waals surface area (Å²) in [5.74, 6) is 0.873. The minimum Gasteiger partial charge on any atom is -0.490 e. The van der Waals surface area contributed by atoms with E-state index in [1.165, 1.54) is 6.42 Å². The Morgan fingerprint density at radius 1 is 0.821 bits per heavy atom. The predicted octanol–water partition coefficient (Wildman–Crippen LogP) is 3.49. The Morgan fingerprint density at radius 3 is 2.25 bits per heavy atom. The van der Waals surface area contributed by atoms with Crippen LogP contribution in [0.2, 0.25) is 0 Å². The van der Waals surface area contributed by atoms with Crippen molar-refractivity contribution in [3.8, 4) is 11.5 Å². The van der Waals surface area contributed by atoms with Gasteiger partial charge in [0.05, 0.1) is 0 Å². The molecule has 2 N–H and O–H groups in total. The Bertz CT molecular complexity index is 773. The van der Waals surface area contributed by atoms with Gasteiger partial charge in [0.15, 0.2) is 0 Å². The van der Waals surface area contributed by atoms with Crippen LogP contribution in [0.3, 0.4) is 0 Å². The summed E-state index contributed by atoms with van der Waals surface area (Å²) < 4.78 is 11.2. The minimum absolute atomic E-state index is 0.00617. The molecule has 0 heterocycles. The summed E-state index contributed by atoms with van der Waals surface area (Å²) in [4.78, 5) is 24.4. The molecular formula is C22H26N2O4. The molecule has 0 bridgehead atoms. The smallest absolute Gasteiger partial charge is 0.269 e. The largest absolute Gasteiger partial charge is 0.490 e. The van der Waals surface area contributed by atoms with Gasteiger partial charge in [-0.1, -0.05) is 43.5 Å². The van der Waals surface area contributed by atoms with E-state index in [1.54, 1.807) is 24.3 Å². The molecule has 1 fully saturated rings. The Balaban J connectivity index is 1.42. The molecule has 6 nitrogen and oxygen atoms in total. The van der Waals surface area contributed by atoms with Gasteiger partial charge < -0.3 is 9.47 Å². The van der Waals surface area contributed by atoms with Gasteiger partial charge in [-0.2, -0.15) is 0 Å². The second-order valence-corrected chi connectivity index (χ2v) is 6.82. The maximum absolute atomic E-state index is 12.3. The number of ether oxygens (including phenoxy) is 2. The van der Waals surface area contributed by atoms with E-state index in [2.05, 4.69) is 10.9 Å². The zero-order valence-corrected chi connectivity index (χ0v) is 15.9. The van der Waals surface area contributed by atoms with E-state index >= 15 is 0 Å². The molecule has 1 saturated carbocycles. The van der Waals surface area contributed by atoms with E-state index < -0.39 is 0 Å². The molecule has 28 heavy (non-hydrogen) atoms. The van der Waals surface area contributed by atoms with E-state index in [0.29, 0.717) is 24.5 Å². The molecule has 0 saturated heterocycles. The van der Waals surface area contributed by atoms with Crippen LogP contribution in [0, 0.1) is 5.92 Å². The Morgan fingerprint density at radius 2 is 1.50 bits per heavy atom. The number of hydrogen-bond acceptors (Lipinski definition) is 4. The first kappa shape index (κ1) is 19.7. The predicted molar refractivity (Wildman–Crippen MR) is 106 cm³/mol. The molecule has 0 spiro atoms. The van der Waals surface area contributed by atoms with Crippen LogP contribution >= 0.6 is 0 Å². The maximum atomic E-state index is 12.3. The van der Waals surface area contributed by atoms with Gasteiger partial charge in [-0.3, -0.25) is 20.4 Å². The van der Waals surface area contributed by atoms with E-state index in [0.717, 1.165) is 31.4 Å². The molecule has 0 aromatic heterocycles. The third kappa shape index (κ3) is 6.01. The second-order valence-electron chi connectivity index (χ2n) is 6.82. The SMILES string of the molecule is O=C(NNC(=O)C1CCCCC1)c1cccc(OCCOc2ccccc2)c1. The normalized spacial score (nSPS) is 14.1. The summed E-state index contributed by atoms with van der Waals surface area (Å²) in [6, 6.07) is 16.3. The summed E-state index contributed by atoms with van der Waals surface area (Å²) in [5.41, 5.74) is 5.46. The Hall–Kier alpha value is -3.02. The van der Waals surface area contributed by atoms with Gasteiger partial charge in [0, 0.05) is 11.5 Å². The average molecular weight is 382 g/mol. The fourth-order valence-electron chi connectivity index (χ4n) is 3.22. The number of amides is 2. The molecule has 0 radical (unpaired) electrons. The first-order valence-electron chi connectivity index (χ1n) is 9.73. The minimum atomic E-state index is -0.366. The Labute approximate surface area is 165 Å². The van der Waals surface area contributed by atoms with Crippen molar-refractivity contribution in [2.24, 2.45) is 5.92 Å². The molecule has 0 unspecified atom stereocenters. The highest BCUT2D eigenvalue weighted by atomic mass is 16.5. The zero-order valence-electron chi connectivity index (χ0n) is 15.9. The lowest BCUT2D eigenvalue weighted by Crippen LogP contribution is -2.44. The fraction of sp³-hybridized carbons (Fsp3) is 0.364. The molecule has 0 atom stereocenters. The lowest BCUT2D eigenvalue weighted by Gasteiger charge is -2.20. The monoisotopic (exact) mass is 382 g/mol. The van der Waals surface area contributed by atoms with Crippen LogP contribution in [-0.2, 0) is 4.79 Å². The van der Waals surface area contributed by atoms with Crippen molar-refractivity contribution >= 4 is 11.8 Å². The summed E-state index contributed by atoms with van der Waals surface area (Å²) in [6.45, 7) is 0.760. The average Bonchev–Trinajstić information content (AvgIpc) is 2.76. The van der Waals surface area contributed by atoms with Crippen molar-refractivity contribution in [3.05, 3.63) is 60.2 Å². The summed E-state index contributed by atoms with van der Waals surface area (Å²) in [7, 11) is 0. The molecule has 2 aromatic carbocycles. The van der Waals surface area contributed by atoms with E-state index in [-0.39, 0.29) is 17.7 Å². The summed E-state index contributed by atoms with van der Waals surface area (Å²) >= 11 is 0. The van der Waals surface area contributed by atoms with Gasteiger partial charge in [-0.25, -0.2) is 0 Å². The number of carbonyl (C=O) groups excluding carboxylic acids is 2. The van der Waals surface area contributed by atoms with Gasteiger partial charge in [0.1, 0.15) is 24.7 Å². The number of carbonyl (C=O) groups is 2. The van der Waals surface area contributed by atoms with Crippen LogP contribution in [0.4, 0.5) is 0 Å². The Kier molecular flexibility index (Phi) is 7.29. The van der Waals surface area contributed by atoms with E-state index in [1.807, 2.05) is 30.3 Å². The molecule has 2 aromatic rings. The highest BCUT2D eigenvalue weighted by Crippen LogP contribution is 2.23. The molecular weight excluding hydrogens is 356 g/mol. The van der Waals surface area contributed by atoms with E-state index in [4.69, 9.17) is 9.47 Å². The van der Waals surface area contributed by atoms with Crippen molar-refractivity contribution < 1.29 is 19.1 Å². The van der Waals surface area contributed by atoms with Crippen molar-refractivity contribution in [3.63, 3.8) is 0 Å². The lowest BCUT2D eigenvalue weighted by molar-refractivity contribution is -0.126. The number of hydrazine groups is 1.